The van der Waals surface area contributed by atoms with Gasteiger partial charge in [-0.05, 0) is 43.2 Å². The highest BCUT2D eigenvalue weighted by Crippen LogP contribution is 2.27. The molecule has 7 heteroatoms. The Morgan fingerprint density at radius 3 is 2.34 bits per heavy atom. The number of carbonyl (C=O) groups is 1. The van der Waals surface area contributed by atoms with Crippen LogP contribution in [-0.4, -0.2) is 30.1 Å². The van der Waals surface area contributed by atoms with E-state index < -0.39 is 0 Å². The first kappa shape index (κ1) is 20.1. The summed E-state index contributed by atoms with van der Waals surface area (Å²) in [6.45, 7) is 4.48. The minimum Gasteiger partial charge on any atom is -0.493 e. The van der Waals surface area contributed by atoms with Crippen LogP contribution in [0.5, 0.6) is 11.5 Å². The van der Waals surface area contributed by atoms with E-state index >= 15 is 0 Å². The van der Waals surface area contributed by atoms with Crippen molar-refractivity contribution in [2.45, 2.75) is 20.4 Å². The van der Waals surface area contributed by atoms with Gasteiger partial charge in [0.1, 0.15) is 0 Å². The molecule has 1 heterocycles. The van der Waals surface area contributed by atoms with Gasteiger partial charge in [-0.25, -0.2) is 9.97 Å². The third-order valence-electron chi connectivity index (χ3n) is 4.44. The summed E-state index contributed by atoms with van der Waals surface area (Å²) < 4.78 is 10.5. The largest absolute Gasteiger partial charge is 0.493 e. The maximum atomic E-state index is 12.4. The molecule has 0 aliphatic rings. The fraction of sp³-hybridized carbons (Fsp3) is 0.227. The molecule has 0 saturated heterocycles. The minimum atomic E-state index is -0.247. The first-order valence-corrected chi connectivity index (χ1v) is 9.15. The van der Waals surface area contributed by atoms with Gasteiger partial charge >= 0.3 is 0 Å². The first-order chi connectivity index (χ1) is 14.0. The van der Waals surface area contributed by atoms with Crippen LogP contribution in [0.2, 0.25) is 0 Å². The third kappa shape index (κ3) is 5.01. The summed E-state index contributed by atoms with van der Waals surface area (Å²) in [5, 5.41) is 6.02. The lowest BCUT2D eigenvalue weighted by molar-refractivity contribution is 0.102. The smallest absolute Gasteiger partial charge is 0.258 e. The Hall–Kier alpha value is -3.61. The zero-order valence-corrected chi connectivity index (χ0v) is 16.9. The summed E-state index contributed by atoms with van der Waals surface area (Å²) in [6.07, 6.45) is 3.01. The highest BCUT2D eigenvalue weighted by Gasteiger charge is 2.10. The highest BCUT2D eigenvalue weighted by atomic mass is 16.5. The maximum absolute atomic E-state index is 12.4. The van der Waals surface area contributed by atoms with E-state index in [0.29, 0.717) is 29.6 Å². The molecule has 0 radical (unpaired) electrons. The topological polar surface area (TPSA) is 85.4 Å². The van der Waals surface area contributed by atoms with E-state index in [1.165, 1.54) is 12.4 Å². The summed E-state index contributed by atoms with van der Waals surface area (Å²) in [5.74, 6) is 1.52. The van der Waals surface area contributed by atoms with Crippen molar-refractivity contribution in [2.24, 2.45) is 0 Å². The standard InChI is InChI=1S/C22H24N4O3/c1-14-5-7-18(15(2)9-14)26-21(27)17-12-24-22(25-13-17)23-11-16-6-8-19(28-3)20(10-16)29-4/h5-10,12-13H,11H2,1-4H3,(H,26,27)(H,23,24,25). The lowest BCUT2D eigenvalue weighted by Crippen LogP contribution is -2.14. The van der Waals surface area contributed by atoms with Crippen molar-refractivity contribution >= 4 is 17.5 Å². The summed E-state index contributed by atoms with van der Waals surface area (Å²) in [5.41, 5.74) is 4.31. The number of hydrogen-bond acceptors (Lipinski definition) is 6. The number of carbonyl (C=O) groups excluding carboxylic acids is 1. The summed E-state index contributed by atoms with van der Waals surface area (Å²) >= 11 is 0. The second kappa shape index (κ2) is 9.05. The van der Waals surface area contributed by atoms with Crippen molar-refractivity contribution in [2.75, 3.05) is 24.9 Å². The molecule has 1 amide bonds. The number of nitrogens with zero attached hydrogens (tertiary/aromatic N) is 2. The molecule has 0 atom stereocenters. The zero-order chi connectivity index (χ0) is 20.8. The fourth-order valence-electron chi connectivity index (χ4n) is 2.86. The molecule has 29 heavy (non-hydrogen) atoms. The van der Waals surface area contributed by atoms with Crippen LogP contribution < -0.4 is 20.1 Å². The predicted octanol–water partition coefficient (Wildman–Crippen LogP) is 3.98. The molecule has 0 spiro atoms. The SMILES string of the molecule is COc1ccc(CNc2ncc(C(=O)Nc3ccc(C)cc3C)cn2)cc1OC. The quantitative estimate of drug-likeness (QED) is 0.633. The van der Waals surface area contributed by atoms with Gasteiger partial charge in [0.2, 0.25) is 5.95 Å². The van der Waals surface area contributed by atoms with Crippen molar-refractivity contribution < 1.29 is 14.3 Å². The Morgan fingerprint density at radius 1 is 0.966 bits per heavy atom. The van der Waals surface area contributed by atoms with E-state index in [2.05, 4.69) is 20.6 Å². The number of methoxy groups -OCH3 is 2. The van der Waals surface area contributed by atoms with Gasteiger partial charge < -0.3 is 20.1 Å². The van der Waals surface area contributed by atoms with Crippen molar-refractivity contribution in [1.82, 2.24) is 9.97 Å². The number of aromatic nitrogens is 2. The molecule has 2 aromatic carbocycles. The van der Waals surface area contributed by atoms with Crippen LogP contribution >= 0.6 is 0 Å². The monoisotopic (exact) mass is 392 g/mol. The maximum Gasteiger partial charge on any atom is 0.258 e. The Balaban J connectivity index is 1.62. The van der Waals surface area contributed by atoms with Crippen LogP contribution in [0.25, 0.3) is 0 Å². The number of rotatable bonds is 7. The van der Waals surface area contributed by atoms with E-state index in [1.807, 2.05) is 50.2 Å². The average molecular weight is 392 g/mol. The number of amides is 1. The van der Waals surface area contributed by atoms with Crippen molar-refractivity contribution in [3.8, 4) is 11.5 Å². The molecular weight excluding hydrogens is 368 g/mol. The van der Waals surface area contributed by atoms with Gasteiger partial charge in [0.05, 0.1) is 19.8 Å². The van der Waals surface area contributed by atoms with Gasteiger partial charge in [-0.1, -0.05) is 23.8 Å². The Labute approximate surface area is 170 Å². The predicted molar refractivity (Wildman–Crippen MR) is 113 cm³/mol. The average Bonchev–Trinajstić information content (AvgIpc) is 2.74. The molecule has 3 aromatic rings. The van der Waals surface area contributed by atoms with Gasteiger partial charge in [-0.15, -0.1) is 0 Å². The van der Waals surface area contributed by atoms with Crippen molar-refractivity contribution in [1.29, 1.82) is 0 Å². The number of ether oxygens (including phenoxy) is 2. The van der Waals surface area contributed by atoms with Crippen molar-refractivity contribution in [3.63, 3.8) is 0 Å². The first-order valence-electron chi connectivity index (χ1n) is 9.15. The van der Waals surface area contributed by atoms with Gasteiger partial charge in [-0.2, -0.15) is 0 Å². The Morgan fingerprint density at radius 2 is 1.69 bits per heavy atom. The van der Waals surface area contributed by atoms with Crippen LogP contribution in [-0.2, 0) is 6.54 Å². The van der Waals surface area contributed by atoms with Crippen molar-refractivity contribution in [3.05, 3.63) is 71.0 Å². The number of hydrogen-bond donors (Lipinski definition) is 2. The molecule has 7 nitrogen and oxygen atoms in total. The second-order valence-corrected chi connectivity index (χ2v) is 6.61. The number of anilines is 2. The Kier molecular flexibility index (Phi) is 6.29. The van der Waals surface area contributed by atoms with E-state index in [4.69, 9.17) is 9.47 Å². The molecule has 150 valence electrons. The van der Waals surface area contributed by atoms with Gasteiger partial charge in [0.15, 0.2) is 11.5 Å². The number of benzene rings is 2. The fourth-order valence-corrected chi connectivity index (χ4v) is 2.86. The lowest BCUT2D eigenvalue weighted by Gasteiger charge is -2.11. The minimum absolute atomic E-state index is 0.247. The number of nitrogens with one attached hydrogen (secondary N) is 2. The summed E-state index contributed by atoms with van der Waals surface area (Å²) in [6, 6.07) is 11.5. The third-order valence-corrected chi connectivity index (χ3v) is 4.44. The zero-order valence-electron chi connectivity index (χ0n) is 16.9. The van der Waals surface area contributed by atoms with E-state index in [0.717, 1.165) is 22.4 Å². The molecule has 0 unspecified atom stereocenters. The summed E-state index contributed by atoms with van der Waals surface area (Å²) in [7, 11) is 3.20. The van der Waals surface area contributed by atoms with E-state index in [1.54, 1.807) is 14.2 Å². The normalized spacial score (nSPS) is 10.3. The van der Waals surface area contributed by atoms with Crippen LogP contribution in [0.4, 0.5) is 11.6 Å². The van der Waals surface area contributed by atoms with Gasteiger partial charge in [0, 0.05) is 24.6 Å². The molecular formula is C22H24N4O3. The molecule has 1 aromatic heterocycles. The molecule has 0 aliphatic carbocycles. The highest BCUT2D eigenvalue weighted by molar-refractivity contribution is 6.04. The molecule has 0 aliphatic heterocycles. The van der Waals surface area contributed by atoms with Crippen LogP contribution in [0.15, 0.2) is 48.8 Å². The molecule has 0 bridgehead atoms. The number of aryl methyl sites for hydroxylation is 2. The van der Waals surface area contributed by atoms with Crippen LogP contribution in [0.1, 0.15) is 27.0 Å². The van der Waals surface area contributed by atoms with Gasteiger partial charge in [0.25, 0.3) is 5.91 Å². The molecule has 2 N–H and O–H groups in total. The lowest BCUT2D eigenvalue weighted by atomic mass is 10.1. The van der Waals surface area contributed by atoms with Gasteiger partial charge in [-0.3, -0.25) is 4.79 Å². The molecule has 3 rings (SSSR count). The molecule has 0 fully saturated rings. The van der Waals surface area contributed by atoms with Crippen LogP contribution in [0.3, 0.4) is 0 Å². The Bertz CT molecular complexity index is 1000. The summed E-state index contributed by atoms with van der Waals surface area (Å²) in [4.78, 5) is 20.9. The van der Waals surface area contributed by atoms with Crippen LogP contribution in [0, 0.1) is 13.8 Å². The molecule has 0 saturated carbocycles. The van der Waals surface area contributed by atoms with E-state index in [-0.39, 0.29) is 5.91 Å². The second-order valence-electron chi connectivity index (χ2n) is 6.61. The van der Waals surface area contributed by atoms with E-state index in [9.17, 15) is 4.79 Å².